The smallest absolute Gasteiger partial charge is 0.236 e. The lowest BCUT2D eigenvalue weighted by atomic mass is 10.1. The summed E-state index contributed by atoms with van der Waals surface area (Å²) in [5.74, 6) is 0.139. The van der Waals surface area contributed by atoms with Gasteiger partial charge in [-0.25, -0.2) is 4.98 Å². The van der Waals surface area contributed by atoms with Gasteiger partial charge in [-0.1, -0.05) is 0 Å². The third kappa shape index (κ3) is 3.78. The number of amides is 1. The molecule has 0 aliphatic carbocycles. The first-order valence-corrected chi connectivity index (χ1v) is 6.82. The summed E-state index contributed by atoms with van der Waals surface area (Å²) in [6.07, 6.45) is 1.79. The summed E-state index contributed by atoms with van der Waals surface area (Å²) in [6.45, 7) is 9.95. The van der Waals surface area contributed by atoms with E-state index in [1.807, 2.05) is 38.0 Å². The van der Waals surface area contributed by atoms with Gasteiger partial charge >= 0.3 is 0 Å². The molecule has 0 unspecified atom stereocenters. The van der Waals surface area contributed by atoms with Crippen molar-refractivity contribution >= 4 is 17.2 Å². The van der Waals surface area contributed by atoms with E-state index < -0.39 is 0 Å². The summed E-state index contributed by atoms with van der Waals surface area (Å²) < 4.78 is 0. The lowest BCUT2D eigenvalue weighted by Gasteiger charge is -2.26. The predicted molar refractivity (Wildman–Crippen MR) is 71.1 cm³/mol. The van der Waals surface area contributed by atoms with Gasteiger partial charge < -0.3 is 4.90 Å². The van der Waals surface area contributed by atoms with Crippen molar-refractivity contribution in [3.63, 3.8) is 0 Å². The van der Waals surface area contributed by atoms with E-state index in [0.717, 1.165) is 18.1 Å². The Morgan fingerprint density at radius 1 is 1.47 bits per heavy atom. The van der Waals surface area contributed by atoms with Crippen LogP contribution in [0.4, 0.5) is 0 Å². The Labute approximate surface area is 107 Å². The molecule has 1 heterocycles. The van der Waals surface area contributed by atoms with Crippen molar-refractivity contribution in [1.29, 1.82) is 0 Å². The number of carbonyl (C=O) groups excluding carboxylic acids is 1. The Morgan fingerprint density at radius 2 is 2.12 bits per heavy atom. The van der Waals surface area contributed by atoms with Crippen LogP contribution >= 0.6 is 11.3 Å². The monoisotopic (exact) mass is 255 g/mol. The minimum Gasteiger partial charge on any atom is -0.342 e. The fraction of sp³-hybridized carbons (Fsp3) is 0.667. The Morgan fingerprint density at radius 3 is 2.59 bits per heavy atom. The minimum absolute atomic E-state index is 0.139. The van der Waals surface area contributed by atoms with Crippen LogP contribution in [0.1, 0.15) is 32.7 Å². The molecule has 1 N–H and O–H groups in total. The molecule has 0 aliphatic rings. The van der Waals surface area contributed by atoms with E-state index in [4.69, 9.17) is 0 Å². The van der Waals surface area contributed by atoms with E-state index in [0.29, 0.717) is 6.54 Å². The quantitative estimate of drug-likeness (QED) is 0.843. The zero-order chi connectivity index (χ0) is 12.9. The summed E-state index contributed by atoms with van der Waals surface area (Å²) in [5, 5.41) is 6.22. The van der Waals surface area contributed by atoms with E-state index >= 15 is 0 Å². The number of carbonyl (C=O) groups is 1. The molecule has 0 spiro atoms. The van der Waals surface area contributed by atoms with Gasteiger partial charge in [-0.2, -0.15) is 0 Å². The van der Waals surface area contributed by atoms with Crippen LogP contribution in [-0.2, 0) is 10.3 Å². The van der Waals surface area contributed by atoms with E-state index in [-0.39, 0.29) is 11.4 Å². The van der Waals surface area contributed by atoms with Crippen LogP contribution in [0, 0.1) is 0 Å². The summed E-state index contributed by atoms with van der Waals surface area (Å²) in [4.78, 5) is 18.0. The van der Waals surface area contributed by atoms with Crippen LogP contribution in [0.15, 0.2) is 11.6 Å². The Balaban J connectivity index is 2.53. The first-order chi connectivity index (χ1) is 8.01. The van der Waals surface area contributed by atoms with Crippen LogP contribution < -0.4 is 5.32 Å². The number of nitrogens with zero attached hydrogens (tertiary/aromatic N) is 2. The Kier molecular flexibility index (Phi) is 5.08. The van der Waals surface area contributed by atoms with Crippen molar-refractivity contribution < 1.29 is 4.79 Å². The number of thiazole rings is 1. The van der Waals surface area contributed by atoms with Gasteiger partial charge in [0.05, 0.1) is 12.1 Å². The molecule has 1 aromatic rings. The molecular weight excluding hydrogens is 234 g/mol. The SMILES string of the molecule is CCN(CC)C(=O)CNC(C)(C)c1nccs1. The second-order valence-electron chi connectivity index (χ2n) is 4.38. The number of nitrogens with one attached hydrogen (secondary N) is 1. The van der Waals surface area contributed by atoms with Gasteiger partial charge in [-0.05, 0) is 27.7 Å². The lowest BCUT2D eigenvalue weighted by molar-refractivity contribution is -0.130. The maximum Gasteiger partial charge on any atom is 0.236 e. The van der Waals surface area contributed by atoms with Gasteiger partial charge in [0.2, 0.25) is 5.91 Å². The van der Waals surface area contributed by atoms with Gasteiger partial charge in [0, 0.05) is 24.7 Å². The molecule has 0 saturated carbocycles. The predicted octanol–water partition coefficient (Wildman–Crippen LogP) is 1.84. The zero-order valence-electron chi connectivity index (χ0n) is 11.0. The van der Waals surface area contributed by atoms with E-state index in [2.05, 4.69) is 10.3 Å². The first-order valence-electron chi connectivity index (χ1n) is 5.94. The van der Waals surface area contributed by atoms with Crippen molar-refractivity contribution in [1.82, 2.24) is 15.2 Å². The molecule has 0 atom stereocenters. The molecule has 1 amide bonds. The summed E-state index contributed by atoms with van der Waals surface area (Å²) >= 11 is 1.60. The average Bonchev–Trinajstić information content (AvgIpc) is 2.82. The second-order valence-corrected chi connectivity index (χ2v) is 5.28. The van der Waals surface area contributed by atoms with Crippen LogP contribution in [0.3, 0.4) is 0 Å². The molecule has 1 rings (SSSR count). The van der Waals surface area contributed by atoms with Crippen LogP contribution in [0.5, 0.6) is 0 Å². The normalized spacial score (nSPS) is 11.5. The topological polar surface area (TPSA) is 45.2 Å². The molecule has 1 aromatic heterocycles. The van der Waals surface area contributed by atoms with Crippen molar-refractivity contribution in [3.05, 3.63) is 16.6 Å². The highest BCUT2D eigenvalue weighted by Crippen LogP contribution is 2.21. The fourth-order valence-electron chi connectivity index (χ4n) is 1.59. The van der Waals surface area contributed by atoms with E-state index in [9.17, 15) is 4.79 Å². The van der Waals surface area contributed by atoms with Crippen molar-refractivity contribution in [3.8, 4) is 0 Å². The maximum absolute atomic E-state index is 11.9. The van der Waals surface area contributed by atoms with Crippen LogP contribution in [0.25, 0.3) is 0 Å². The molecule has 0 aromatic carbocycles. The molecule has 0 radical (unpaired) electrons. The molecule has 0 saturated heterocycles. The van der Waals surface area contributed by atoms with Gasteiger partial charge in [-0.3, -0.25) is 10.1 Å². The van der Waals surface area contributed by atoms with Gasteiger partial charge in [0.15, 0.2) is 0 Å². The standard InChI is InChI=1S/C12H21N3OS/c1-5-15(6-2)10(16)9-14-12(3,4)11-13-7-8-17-11/h7-8,14H,5-6,9H2,1-4H3. The average molecular weight is 255 g/mol. The highest BCUT2D eigenvalue weighted by molar-refractivity contribution is 7.09. The summed E-state index contributed by atoms with van der Waals surface area (Å²) in [6, 6.07) is 0. The summed E-state index contributed by atoms with van der Waals surface area (Å²) in [5.41, 5.74) is -0.253. The minimum atomic E-state index is -0.253. The number of aromatic nitrogens is 1. The third-order valence-corrected chi connectivity index (χ3v) is 3.86. The van der Waals surface area contributed by atoms with E-state index in [1.54, 1.807) is 17.5 Å². The van der Waals surface area contributed by atoms with Gasteiger partial charge in [0.25, 0.3) is 0 Å². The highest BCUT2D eigenvalue weighted by Gasteiger charge is 2.24. The van der Waals surface area contributed by atoms with Crippen molar-refractivity contribution in [2.45, 2.75) is 33.2 Å². The highest BCUT2D eigenvalue weighted by atomic mass is 32.1. The van der Waals surface area contributed by atoms with Crippen molar-refractivity contribution in [2.24, 2.45) is 0 Å². The van der Waals surface area contributed by atoms with Gasteiger partial charge in [0.1, 0.15) is 5.01 Å². The molecule has 0 aliphatic heterocycles. The number of hydrogen-bond acceptors (Lipinski definition) is 4. The van der Waals surface area contributed by atoms with Crippen LogP contribution in [-0.4, -0.2) is 35.4 Å². The van der Waals surface area contributed by atoms with E-state index in [1.165, 1.54) is 0 Å². The lowest BCUT2D eigenvalue weighted by Crippen LogP contribution is -2.44. The summed E-state index contributed by atoms with van der Waals surface area (Å²) in [7, 11) is 0. The third-order valence-electron chi connectivity index (χ3n) is 2.76. The zero-order valence-corrected chi connectivity index (χ0v) is 11.8. The molecular formula is C12H21N3OS. The number of likely N-dealkylation sites (N-methyl/N-ethyl adjacent to an activating group) is 1. The first kappa shape index (κ1) is 14.1. The molecule has 4 nitrogen and oxygen atoms in total. The molecule has 0 bridgehead atoms. The Hall–Kier alpha value is -0.940. The van der Waals surface area contributed by atoms with Crippen molar-refractivity contribution in [2.75, 3.05) is 19.6 Å². The number of rotatable bonds is 6. The fourth-order valence-corrected chi connectivity index (χ4v) is 2.33. The van der Waals surface area contributed by atoms with Gasteiger partial charge in [-0.15, -0.1) is 11.3 Å². The second kappa shape index (κ2) is 6.12. The molecule has 0 fully saturated rings. The Bertz CT molecular complexity index is 345. The molecule has 5 heteroatoms. The molecule has 17 heavy (non-hydrogen) atoms. The molecule has 96 valence electrons. The maximum atomic E-state index is 11.9. The largest absolute Gasteiger partial charge is 0.342 e. The number of hydrogen-bond donors (Lipinski definition) is 1. The van der Waals surface area contributed by atoms with Crippen LogP contribution in [0.2, 0.25) is 0 Å².